The van der Waals surface area contributed by atoms with Crippen LogP contribution in [0.2, 0.25) is 0 Å². The molecule has 0 spiro atoms. The molecule has 0 aliphatic heterocycles. The zero-order valence-electron chi connectivity index (χ0n) is 11.5. The lowest BCUT2D eigenvalue weighted by Gasteiger charge is -2.10. The third kappa shape index (κ3) is 3.12. The standard InChI is InChI=1S/C17H16FNO/c1-12-3-8-17(19-2)16(9-12)14(11-20)10-13-4-6-15(18)7-5-13/h3-11,19H,1-2H3/b14-10+. The van der Waals surface area contributed by atoms with Gasteiger partial charge in [-0.2, -0.15) is 0 Å². The van der Waals surface area contributed by atoms with Crippen LogP contribution in [0.5, 0.6) is 0 Å². The van der Waals surface area contributed by atoms with Crippen molar-refractivity contribution in [1.82, 2.24) is 0 Å². The molecule has 3 heteroatoms. The Hall–Kier alpha value is -2.42. The first-order chi connectivity index (χ1) is 9.63. The minimum atomic E-state index is -0.290. The van der Waals surface area contributed by atoms with E-state index in [1.165, 1.54) is 12.1 Å². The molecule has 2 aromatic carbocycles. The third-order valence-corrected chi connectivity index (χ3v) is 3.07. The SMILES string of the molecule is CNc1ccc(C)cc1/C(C=O)=C/c1ccc(F)cc1. The lowest BCUT2D eigenvalue weighted by molar-refractivity contribution is -0.103. The van der Waals surface area contributed by atoms with Crippen molar-refractivity contribution in [3.8, 4) is 0 Å². The van der Waals surface area contributed by atoms with Crippen molar-refractivity contribution in [3.63, 3.8) is 0 Å². The van der Waals surface area contributed by atoms with E-state index in [2.05, 4.69) is 5.32 Å². The number of hydrogen-bond donors (Lipinski definition) is 1. The van der Waals surface area contributed by atoms with Crippen LogP contribution in [0, 0.1) is 12.7 Å². The van der Waals surface area contributed by atoms with Gasteiger partial charge in [0.15, 0.2) is 6.29 Å². The van der Waals surface area contributed by atoms with Gasteiger partial charge in [0.05, 0.1) is 0 Å². The molecule has 0 saturated heterocycles. The van der Waals surface area contributed by atoms with Gasteiger partial charge in [-0.25, -0.2) is 4.39 Å². The van der Waals surface area contributed by atoms with Crippen molar-refractivity contribution in [2.75, 3.05) is 12.4 Å². The van der Waals surface area contributed by atoms with E-state index in [-0.39, 0.29) is 5.82 Å². The maximum Gasteiger partial charge on any atom is 0.150 e. The van der Waals surface area contributed by atoms with Crippen LogP contribution in [0.15, 0.2) is 42.5 Å². The molecule has 2 aromatic rings. The Kier molecular flexibility index (Phi) is 4.31. The van der Waals surface area contributed by atoms with Crippen LogP contribution in [-0.2, 0) is 4.79 Å². The molecule has 0 heterocycles. The number of hydrogen-bond acceptors (Lipinski definition) is 2. The van der Waals surface area contributed by atoms with Crippen LogP contribution in [-0.4, -0.2) is 13.3 Å². The number of carbonyl (C=O) groups is 1. The van der Waals surface area contributed by atoms with Crippen molar-refractivity contribution in [2.24, 2.45) is 0 Å². The average molecular weight is 269 g/mol. The first kappa shape index (κ1) is 14.0. The molecular weight excluding hydrogens is 253 g/mol. The van der Waals surface area contributed by atoms with E-state index in [1.54, 1.807) is 18.2 Å². The molecule has 0 fully saturated rings. The Labute approximate surface area is 118 Å². The van der Waals surface area contributed by atoms with Crippen LogP contribution < -0.4 is 5.32 Å². The molecule has 0 unspecified atom stereocenters. The van der Waals surface area contributed by atoms with E-state index in [4.69, 9.17) is 0 Å². The average Bonchev–Trinajstić information content (AvgIpc) is 2.46. The maximum absolute atomic E-state index is 12.9. The van der Waals surface area contributed by atoms with Gasteiger partial charge in [0.1, 0.15) is 5.82 Å². The van der Waals surface area contributed by atoms with Gasteiger partial charge in [-0.15, -0.1) is 0 Å². The summed E-state index contributed by atoms with van der Waals surface area (Å²) in [4.78, 5) is 11.4. The summed E-state index contributed by atoms with van der Waals surface area (Å²) < 4.78 is 12.9. The van der Waals surface area contributed by atoms with Crippen LogP contribution in [0.4, 0.5) is 10.1 Å². The quantitative estimate of drug-likeness (QED) is 0.518. The topological polar surface area (TPSA) is 29.1 Å². The van der Waals surface area contributed by atoms with Crippen molar-refractivity contribution < 1.29 is 9.18 Å². The fraction of sp³-hybridized carbons (Fsp3) is 0.118. The van der Waals surface area contributed by atoms with E-state index in [1.807, 2.05) is 32.2 Å². The van der Waals surface area contributed by atoms with Gasteiger partial charge < -0.3 is 5.32 Å². The summed E-state index contributed by atoms with van der Waals surface area (Å²) in [7, 11) is 1.81. The molecule has 2 nitrogen and oxygen atoms in total. The molecule has 102 valence electrons. The second-order valence-electron chi connectivity index (χ2n) is 4.57. The van der Waals surface area contributed by atoms with Gasteiger partial charge in [-0.1, -0.05) is 23.8 Å². The number of aldehydes is 1. The van der Waals surface area contributed by atoms with Gasteiger partial charge >= 0.3 is 0 Å². The highest BCUT2D eigenvalue weighted by atomic mass is 19.1. The molecule has 0 amide bonds. The summed E-state index contributed by atoms with van der Waals surface area (Å²) in [6, 6.07) is 11.9. The van der Waals surface area contributed by atoms with Crippen molar-refractivity contribution in [2.45, 2.75) is 6.92 Å². The molecule has 0 bridgehead atoms. The van der Waals surface area contributed by atoms with Gasteiger partial charge in [0.25, 0.3) is 0 Å². The van der Waals surface area contributed by atoms with E-state index in [0.717, 1.165) is 28.7 Å². The molecule has 0 saturated carbocycles. The Balaban J connectivity index is 2.49. The van der Waals surface area contributed by atoms with Gasteiger partial charge in [-0.3, -0.25) is 4.79 Å². The predicted molar refractivity (Wildman–Crippen MR) is 81.1 cm³/mol. The number of anilines is 1. The predicted octanol–water partition coefficient (Wildman–Crippen LogP) is 3.92. The van der Waals surface area contributed by atoms with Crippen LogP contribution in [0.1, 0.15) is 16.7 Å². The Bertz CT molecular complexity index is 645. The Morgan fingerprint density at radius 2 is 1.85 bits per heavy atom. The summed E-state index contributed by atoms with van der Waals surface area (Å²) in [5.74, 6) is -0.290. The molecule has 0 atom stereocenters. The minimum absolute atomic E-state index is 0.290. The number of carbonyl (C=O) groups excluding carboxylic acids is 1. The van der Waals surface area contributed by atoms with Crippen LogP contribution in [0.25, 0.3) is 11.6 Å². The number of allylic oxidation sites excluding steroid dienone is 1. The summed E-state index contributed by atoms with van der Waals surface area (Å²) in [6.07, 6.45) is 2.57. The zero-order chi connectivity index (χ0) is 14.5. The van der Waals surface area contributed by atoms with E-state index < -0.39 is 0 Å². The van der Waals surface area contributed by atoms with Crippen molar-refractivity contribution in [1.29, 1.82) is 0 Å². The minimum Gasteiger partial charge on any atom is -0.388 e. The first-order valence-electron chi connectivity index (χ1n) is 6.35. The monoisotopic (exact) mass is 269 g/mol. The van der Waals surface area contributed by atoms with E-state index in [9.17, 15) is 9.18 Å². The largest absolute Gasteiger partial charge is 0.388 e. The first-order valence-corrected chi connectivity index (χ1v) is 6.35. The van der Waals surface area contributed by atoms with Crippen molar-refractivity contribution >= 4 is 23.6 Å². The number of rotatable bonds is 4. The molecule has 0 aliphatic rings. The van der Waals surface area contributed by atoms with Crippen LogP contribution in [0.3, 0.4) is 0 Å². The van der Waals surface area contributed by atoms with Crippen LogP contribution >= 0.6 is 0 Å². The number of nitrogens with one attached hydrogen (secondary N) is 1. The second-order valence-corrected chi connectivity index (χ2v) is 4.57. The number of aryl methyl sites for hydroxylation is 1. The number of benzene rings is 2. The maximum atomic E-state index is 12.9. The third-order valence-electron chi connectivity index (χ3n) is 3.07. The highest BCUT2D eigenvalue weighted by molar-refractivity contribution is 6.15. The lowest BCUT2D eigenvalue weighted by atomic mass is 10.00. The molecular formula is C17H16FNO. The molecule has 2 rings (SSSR count). The van der Waals surface area contributed by atoms with Crippen molar-refractivity contribution in [3.05, 3.63) is 65.0 Å². The van der Waals surface area contributed by atoms with E-state index in [0.29, 0.717) is 5.57 Å². The highest BCUT2D eigenvalue weighted by Crippen LogP contribution is 2.25. The fourth-order valence-corrected chi connectivity index (χ4v) is 2.03. The molecule has 0 aromatic heterocycles. The summed E-state index contributed by atoms with van der Waals surface area (Å²) >= 11 is 0. The smallest absolute Gasteiger partial charge is 0.150 e. The number of halogens is 1. The molecule has 0 aliphatic carbocycles. The van der Waals surface area contributed by atoms with Gasteiger partial charge in [0.2, 0.25) is 0 Å². The summed E-state index contributed by atoms with van der Waals surface area (Å²) in [5.41, 5.74) is 4.15. The Morgan fingerprint density at radius 1 is 1.15 bits per heavy atom. The zero-order valence-corrected chi connectivity index (χ0v) is 11.5. The molecule has 0 radical (unpaired) electrons. The van der Waals surface area contributed by atoms with E-state index >= 15 is 0 Å². The molecule has 1 N–H and O–H groups in total. The highest BCUT2D eigenvalue weighted by Gasteiger charge is 2.07. The normalized spacial score (nSPS) is 11.2. The Morgan fingerprint density at radius 3 is 2.45 bits per heavy atom. The summed E-state index contributed by atoms with van der Waals surface area (Å²) in [6.45, 7) is 1.98. The lowest BCUT2D eigenvalue weighted by Crippen LogP contribution is -1.96. The fourth-order valence-electron chi connectivity index (χ4n) is 2.03. The second kappa shape index (κ2) is 6.15. The van der Waals surface area contributed by atoms with Gasteiger partial charge in [0, 0.05) is 23.9 Å². The van der Waals surface area contributed by atoms with Gasteiger partial charge in [-0.05, 0) is 42.8 Å². The molecule has 20 heavy (non-hydrogen) atoms. The summed E-state index contributed by atoms with van der Waals surface area (Å²) in [5, 5.41) is 3.07.